The number of hydrogen-bond acceptors (Lipinski definition) is 3. The number of rotatable bonds is 5. The molecule has 4 nitrogen and oxygen atoms in total. The summed E-state index contributed by atoms with van der Waals surface area (Å²) >= 11 is 0. The Morgan fingerprint density at radius 3 is 2.52 bits per heavy atom. The summed E-state index contributed by atoms with van der Waals surface area (Å²) in [4.78, 5) is 0.374. The highest BCUT2D eigenvalue weighted by Gasteiger charge is 2.29. The van der Waals surface area contributed by atoms with Crippen molar-refractivity contribution in [1.82, 2.24) is 4.31 Å². The highest BCUT2D eigenvalue weighted by atomic mass is 32.2. The first-order valence-electron chi connectivity index (χ1n) is 7.84. The summed E-state index contributed by atoms with van der Waals surface area (Å²) in [5.41, 5.74) is 6.90. The van der Waals surface area contributed by atoms with E-state index in [0.717, 1.165) is 31.2 Å². The maximum absolute atomic E-state index is 12.7. The third-order valence-electron chi connectivity index (χ3n) is 4.51. The van der Waals surface area contributed by atoms with Gasteiger partial charge in [0.2, 0.25) is 10.0 Å². The van der Waals surface area contributed by atoms with E-state index in [1.165, 1.54) is 0 Å². The molecule has 118 valence electrons. The molecule has 0 radical (unpaired) electrons. The van der Waals surface area contributed by atoms with Gasteiger partial charge in [-0.3, -0.25) is 0 Å². The summed E-state index contributed by atoms with van der Waals surface area (Å²) in [7, 11) is -3.38. The normalized spacial score (nSPS) is 19.6. The third kappa shape index (κ3) is 3.65. The molecule has 0 bridgehead atoms. The maximum atomic E-state index is 12.7. The number of piperidine rings is 1. The fraction of sp³-hybridized carbons (Fsp3) is 0.625. The van der Waals surface area contributed by atoms with E-state index in [0.29, 0.717) is 23.9 Å². The average Bonchev–Trinajstić information content (AvgIpc) is 2.54. The Balaban J connectivity index is 2.20. The van der Waals surface area contributed by atoms with Gasteiger partial charge in [-0.1, -0.05) is 32.4 Å². The Morgan fingerprint density at radius 1 is 1.29 bits per heavy atom. The summed E-state index contributed by atoms with van der Waals surface area (Å²) in [5.74, 6) is 0.663. The topological polar surface area (TPSA) is 63.4 Å². The molecular formula is C16H26N2O2S. The first-order chi connectivity index (χ1) is 9.98. The molecule has 5 heteroatoms. The molecule has 1 aliphatic rings. The van der Waals surface area contributed by atoms with E-state index in [2.05, 4.69) is 6.92 Å². The van der Waals surface area contributed by atoms with Crippen molar-refractivity contribution < 1.29 is 8.42 Å². The van der Waals surface area contributed by atoms with Crippen LogP contribution in [0.4, 0.5) is 0 Å². The molecule has 1 aromatic carbocycles. The van der Waals surface area contributed by atoms with E-state index >= 15 is 0 Å². The van der Waals surface area contributed by atoms with Crippen molar-refractivity contribution in [2.24, 2.45) is 11.7 Å². The van der Waals surface area contributed by atoms with Gasteiger partial charge in [0.05, 0.1) is 4.90 Å². The first-order valence-corrected chi connectivity index (χ1v) is 9.28. The molecule has 1 fully saturated rings. The molecule has 0 aromatic heterocycles. The van der Waals surface area contributed by atoms with Crippen LogP contribution in [0, 0.1) is 5.92 Å². The molecule has 0 amide bonds. The molecule has 21 heavy (non-hydrogen) atoms. The molecule has 0 aliphatic carbocycles. The first kappa shape index (κ1) is 16.5. The van der Waals surface area contributed by atoms with Crippen LogP contribution in [0.3, 0.4) is 0 Å². The number of benzene rings is 1. The number of nitrogens with two attached hydrogens (primary N) is 1. The van der Waals surface area contributed by atoms with Gasteiger partial charge in [-0.05, 0) is 42.9 Å². The molecule has 1 saturated heterocycles. The molecule has 1 aromatic rings. The molecule has 1 atom stereocenters. The van der Waals surface area contributed by atoms with Crippen molar-refractivity contribution in [3.63, 3.8) is 0 Å². The summed E-state index contributed by atoms with van der Waals surface area (Å²) in [5, 5.41) is 0. The minimum atomic E-state index is -3.38. The van der Waals surface area contributed by atoms with E-state index in [-0.39, 0.29) is 6.04 Å². The van der Waals surface area contributed by atoms with Crippen LogP contribution in [0.1, 0.15) is 51.1 Å². The predicted octanol–water partition coefficient (Wildman–Crippen LogP) is 2.91. The van der Waals surface area contributed by atoms with Crippen molar-refractivity contribution >= 4 is 10.0 Å². The van der Waals surface area contributed by atoms with Crippen molar-refractivity contribution in [1.29, 1.82) is 0 Å². The van der Waals surface area contributed by atoms with Crippen LogP contribution in [0.25, 0.3) is 0 Å². The molecule has 0 saturated carbocycles. The van der Waals surface area contributed by atoms with Gasteiger partial charge in [0.1, 0.15) is 0 Å². The van der Waals surface area contributed by atoms with Crippen LogP contribution in [0.2, 0.25) is 0 Å². The summed E-state index contributed by atoms with van der Waals surface area (Å²) in [6.07, 6.45) is 3.86. The lowest BCUT2D eigenvalue weighted by atomic mass is 9.96. The Bertz CT molecular complexity index is 563. The Labute approximate surface area is 128 Å². The van der Waals surface area contributed by atoms with Gasteiger partial charge in [-0.15, -0.1) is 0 Å². The average molecular weight is 310 g/mol. The monoisotopic (exact) mass is 310 g/mol. The van der Waals surface area contributed by atoms with Crippen molar-refractivity contribution in [2.75, 3.05) is 13.1 Å². The fourth-order valence-corrected chi connectivity index (χ4v) is 4.37. The van der Waals surface area contributed by atoms with E-state index in [4.69, 9.17) is 5.73 Å². The Kier molecular flexibility index (Phi) is 5.41. The highest BCUT2D eigenvalue weighted by Crippen LogP contribution is 2.26. The fourth-order valence-electron chi connectivity index (χ4n) is 2.85. The molecule has 1 heterocycles. The summed E-state index contributed by atoms with van der Waals surface area (Å²) in [6, 6.07) is 6.99. The SMILES string of the molecule is CCC1CCN(S(=O)(=O)c2cccc(C(N)CC)c2)CC1. The molecule has 1 unspecified atom stereocenters. The number of nitrogens with zero attached hydrogens (tertiary/aromatic N) is 1. The van der Waals surface area contributed by atoms with Crippen molar-refractivity contribution in [3.05, 3.63) is 29.8 Å². The maximum Gasteiger partial charge on any atom is 0.243 e. The highest BCUT2D eigenvalue weighted by molar-refractivity contribution is 7.89. The minimum absolute atomic E-state index is 0.106. The number of sulfonamides is 1. The van der Waals surface area contributed by atoms with Gasteiger partial charge in [0.25, 0.3) is 0 Å². The molecule has 2 rings (SSSR count). The predicted molar refractivity (Wildman–Crippen MR) is 85.4 cm³/mol. The molecule has 1 aliphatic heterocycles. The molecular weight excluding hydrogens is 284 g/mol. The zero-order valence-electron chi connectivity index (χ0n) is 13.0. The van der Waals surface area contributed by atoms with Gasteiger partial charge in [0.15, 0.2) is 0 Å². The van der Waals surface area contributed by atoms with Crippen molar-refractivity contribution in [3.8, 4) is 0 Å². The van der Waals surface area contributed by atoms with Crippen LogP contribution in [0.5, 0.6) is 0 Å². The van der Waals surface area contributed by atoms with Crippen molar-refractivity contribution in [2.45, 2.75) is 50.5 Å². The van der Waals surface area contributed by atoms with Crippen LogP contribution >= 0.6 is 0 Å². The lowest BCUT2D eigenvalue weighted by Gasteiger charge is -2.30. The van der Waals surface area contributed by atoms with Gasteiger partial charge >= 0.3 is 0 Å². The van der Waals surface area contributed by atoms with Gasteiger partial charge in [-0.2, -0.15) is 4.31 Å². The van der Waals surface area contributed by atoms with Crippen LogP contribution in [0.15, 0.2) is 29.2 Å². The second-order valence-electron chi connectivity index (χ2n) is 5.84. The lowest BCUT2D eigenvalue weighted by Crippen LogP contribution is -2.38. The Hall–Kier alpha value is -0.910. The largest absolute Gasteiger partial charge is 0.324 e. The van der Waals surface area contributed by atoms with E-state index < -0.39 is 10.0 Å². The van der Waals surface area contributed by atoms with E-state index in [9.17, 15) is 8.42 Å². The number of hydrogen-bond donors (Lipinski definition) is 1. The summed E-state index contributed by atoms with van der Waals surface area (Å²) < 4.78 is 27.1. The van der Waals surface area contributed by atoms with Gasteiger partial charge < -0.3 is 5.73 Å². The molecule has 0 spiro atoms. The van der Waals surface area contributed by atoms with Crippen LogP contribution in [-0.4, -0.2) is 25.8 Å². The van der Waals surface area contributed by atoms with Crippen LogP contribution in [-0.2, 0) is 10.0 Å². The smallest absolute Gasteiger partial charge is 0.243 e. The summed E-state index contributed by atoms with van der Waals surface area (Å²) in [6.45, 7) is 5.43. The standard InChI is InChI=1S/C16H26N2O2S/c1-3-13-8-10-18(11-9-13)21(19,20)15-7-5-6-14(12-15)16(17)4-2/h5-7,12-13,16H,3-4,8-11,17H2,1-2H3. The molecule has 2 N–H and O–H groups in total. The Morgan fingerprint density at radius 2 is 1.95 bits per heavy atom. The van der Waals surface area contributed by atoms with E-state index in [1.807, 2.05) is 13.0 Å². The minimum Gasteiger partial charge on any atom is -0.324 e. The second-order valence-corrected chi connectivity index (χ2v) is 7.78. The second kappa shape index (κ2) is 6.90. The zero-order chi connectivity index (χ0) is 15.5. The lowest BCUT2D eigenvalue weighted by molar-refractivity contribution is 0.269. The van der Waals surface area contributed by atoms with Crippen LogP contribution < -0.4 is 5.73 Å². The van der Waals surface area contributed by atoms with Gasteiger partial charge in [-0.25, -0.2) is 8.42 Å². The quantitative estimate of drug-likeness (QED) is 0.909. The van der Waals surface area contributed by atoms with Gasteiger partial charge in [0, 0.05) is 19.1 Å². The third-order valence-corrected chi connectivity index (χ3v) is 6.41. The zero-order valence-corrected chi connectivity index (χ0v) is 13.8. The van der Waals surface area contributed by atoms with E-state index in [1.54, 1.807) is 22.5 Å².